The molecule has 0 bridgehead atoms. The summed E-state index contributed by atoms with van der Waals surface area (Å²) in [7, 11) is 0. The van der Waals surface area contributed by atoms with Gasteiger partial charge in [-0.15, -0.1) is 0 Å². The fourth-order valence-corrected chi connectivity index (χ4v) is 2.74. The van der Waals surface area contributed by atoms with E-state index in [1.54, 1.807) is 0 Å². The smallest absolute Gasteiger partial charge is 0.125 e. The summed E-state index contributed by atoms with van der Waals surface area (Å²) in [5.74, 6) is 0.876. The zero-order valence-corrected chi connectivity index (χ0v) is 11.0. The Morgan fingerprint density at radius 3 is 2.58 bits per heavy atom. The number of fused-ring (bicyclic) bond motifs is 1. The van der Waals surface area contributed by atoms with Crippen LogP contribution in [0.1, 0.15) is 18.1 Å². The number of hydrogen-bond acceptors (Lipinski definition) is 2. The molecule has 3 rings (SSSR count). The molecule has 2 atom stereocenters. The van der Waals surface area contributed by atoms with Gasteiger partial charge in [0.05, 0.1) is 12.2 Å². The summed E-state index contributed by atoms with van der Waals surface area (Å²) in [5, 5.41) is 10.9. The van der Waals surface area contributed by atoms with Gasteiger partial charge in [-0.3, -0.25) is 0 Å². The Morgan fingerprint density at radius 1 is 1.11 bits per heavy atom. The molecule has 2 heteroatoms. The SMILES string of the molecule is C[C@]1(O)c2ccccc2OC[C@@H]1Cc1ccccc1. The summed E-state index contributed by atoms with van der Waals surface area (Å²) in [4.78, 5) is 0. The number of ether oxygens (including phenoxy) is 1. The first-order chi connectivity index (χ1) is 9.18. The molecular formula is C17H18O2. The highest BCUT2D eigenvalue weighted by Gasteiger charge is 2.39. The predicted octanol–water partition coefficient (Wildman–Crippen LogP) is 3.15. The third-order valence-electron chi connectivity index (χ3n) is 3.99. The number of benzene rings is 2. The molecule has 0 fully saturated rings. The lowest BCUT2D eigenvalue weighted by atomic mass is 9.78. The second-order valence-electron chi connectivity index (χ2n) is 5.34. The van der Waals surface area contributed by atoms with Crippen molar-refractivity contribution in [3.05, 3.63) is 65.7 Å². The molecule has 0 amide bonds. The van der Waals surface area contributed by atoms with Crippen LogP contribution < -0.4 is 4.74 Å². The number of para-hydroxylation sites is 1. The molecule has 0 saturated heterocycles. The van der Waals surface area contributed by atoms with Crippen LogP contribution in [0.25, 0.3) is 0 Å². The van der Waals surface area contributed by atoms with Crippen molar-refractivity contribution in [2.75, 3.05) is 6.61 Å². The molecular weight excluding hydrogens is 236 g/mol. The summed E-state index contributed by atoms with van der Waals surface area (Å²) in [5.41, 5.74) is 1.28. The minimum atomic E-state index is -0.843. The first-order valence-corrected chi connectivity index (χ1v) is 6.66. The van der Waals surface area contributed by atoms with Crippen molar-refractivity contribution in [2.45, 2.75) is 18.9 Å². The van der Waals surface area contributed by atoms with Crippen LogP contribution >= 0.6 is 0 Å². The minimum absolute atomic E-state index is 0.0739. The van der Waals surface area contributed by atoms with Crippen LogP contribution in [0.4, 0.5) is 0 Å². The van der Waals surface area contributed by atoms with Crippen LogP contribution in [-0.4, -0.2) is 11.7 Å². The van der Waals surface area contributed by atoms with Gasteiger partial charge in [-0.1, -0.05) is 48.5 Å². The minimum Gasteiger partial charge on any atom is -0.493 e. The van der Waals surface area contributed by atoms with Crippen LogP contribution in [0, 0.1) is 5.92 Å². The van der Waals surface area contributed by atoms with E-state index >= 15 is 0 Å². The van der Waals surface area contributed by atoms with Gasteiger partial charge < -0.3 is 9.84 Å². The van der Waals surface area contributed by atoms with Gasteiger partial charge in [0, 0.05) is 11.5 Å². The number of rotatable bonds is 2. The first-order valence-electron chi connectivity index (χ1n) is 6.66. The van der Waals surface area contributed by atoms with Crippen LogP contribution in [0.3, 0.4) is 0 Å². The van der Waals surface area contributed by atoms with Crippen molar-refractivity contribution in [1.82, 2.24) is 0 Å². The van der Waals surface area contributed by atoms with Crippen molar-refractivity contribution < 1.29 is 9.84 Å². The number of aliphatic hydroxyl groups is 1. The molecule has 2 nitrogen and oxygen atoms in total. The summed E-state index contributed by atoms with van der Waals surface area (Å²) < 4.78 is 5.78. The molecule has 0 saturated carbocycles. The van der Waals surface area contributed by atoms with Gasteiger partial charge >= 0.3 is 0 Å². The van der Waals surface area contributed by atoms with Gasteiger partial charge in [0.15, 0.2) is 0 Å². The molecule has 0 aliphatic carbocycles. The van der Waals surface area contributed by atoms with Gasteiger partial charge in [0.25, 0.3) is 0 Å². The summed E-state index contributed by atoms with van der Waals surface area (Å²) in [6.45, 7) is 2.45. The van der Waals surface area contributed by atoms with E-state index in [2.05, 4.69) is 12.1 Å². The van der Waals surface area contributed by atoms with Gasteiger partial charge in [-0.2, -0.15) is 0 Å². The lowest BCUT2D eigenvalue weighted by molar-refractivity contribution is -0.0431. The molecule has 1 aliphatic heterocycles. The van der Waals surface area contributed by atoms with E-state index in [9.17, 15) is 5.11 Å². The highest BCUT2D eigenvalue weighted by Crippen LogP contribution is 2.41. The Hall–Kier alpha value is -1.80. The summed E-state index contributed by atoms with van der Waals surface area (Å²) in [6, 6.07) is 18.0. The largest absolute Gasteiger partial charge is 0.493 e. The molecule has 19 heavy (non-hydrogen) atoms. The van der Waals surface area contributed by atoms with Gasteiger partial charge in [0.1, 0.15) is 5.75 Å². The first kappa shape index (κ1) is 12.2. The van der Waals surface area contributed by atoms with E-state index in [1.165, 1.54) is 5.56 Å². The Morgan fingerprint density at radius 2 is 1.79 bits per heavy atom. The van der Waals surface area contributed by atoms with Crippen molar-refractivity contribution in [3.63, 3.8) is 0 Å². The fourth-order valence-electron chi connectivity index (χ4n) is 2.74. The summed E-state index contributed by atoms with van der Waals surface area (Å²) >= 11 is 0. The van der Waals surface area contributed by atoms with Gasteiger partial charge in [0.2, 0.25) is 0 Å². The van der Waals surface area contributed by atoms with Crippen molar-refractivity contribution >= 4 is 0 Å². The quantitative estimate of drug-likeness (QED) is 0.892. The van der Waals surface area contributed by atoms with E-state index < -0.39 is 5.60 Å². The zero-order valence-electron chi connectivity index (χ0n) is 11.0. The van der Waals surface area contributed by atoms with E-state index in [-0.39, 0.29) is 5.92 Å². The topological polar surface area (TPSA) is 29.5 Å². The number of hydrogen-bond donors (Lipinski definition) is 1. The van der Waals surface area contributed by atoms with Crippen molar-refractivity contribution in [1.29, 1.82) is 0 Å². The summed E-state index contributed by atoms with van der Waals surface area (Å²) in [6.07, 6.45) is 0.822. The molecule has 98 valence electrons. The lowest BCUT2D eigenvalue weighted by Gasteiger charge is -2.38. The normalized spacial score (nSPS) is 25.5. The van der Waals surface area contributed by atoms with Gasteiger partial charge in [-0.25, -0.2) is 0 Å². The van der Waals surface area contributed by atoms with E-state index in [4.69, 9.17) is 4.74 Å². The Balaban J connectivity index is 1.89. The van der Waals surface area contributed by atoms with E-state index in [0.717, 1.165) is 17.7 Å². The third kappa shape index (κ3) is 2.24. The molecule has 1 N–H and O–H groups in total. The second kappa shape index (κ2) is 4.71. The highest BCUT2D eigenvalue weighted by molar-refractivity contribution is 5.40. The van der Waals surface area contributed by atoms with Gasteiger partial charge in [-0.05, 0) is 25.0 Å². The van der Waals surface area contributed by atoms with E-state index in [1.807, 2.05) is 49.4 Å². The van der Waals surface area contributed by atoms with Crippen LogP contribution in [0.5, 0.6) is 5.75 Å². The molecule has 0 unspecified atom stereocenters. The Kier molecular flexibility index (Phi) is 3.03. The van der Waals surface area contributed by atoms with Crippen LogP contribution in [0.15, 0.2) is 54.6 Å². The maximum atomic E-state index is 10.9. The Labute approximate surface area is 113 Å². The molecule has 2 aromatic carbocycles. The maximum absolute atomic E-state index is 10.9. The van der Waals surface area contributed by atoms with E-state index in [0.29, 0.717) is 6.61 Å². The monoisotopic (exact) mass is 254 g/mol. The molecule has 0 spiro atoms. The Bertz CT molecular complexity index is 560. The van der Waals surface area contributed by atoms with Crippen molar-refractivity contribution in [3.8, 4) is 5.75 Å². The molecule has 1 heterocycles. The van der Waals surface area contributed by atoms with Crippen LogP contribution in [0.2, 0.25) is 0 Å². The lowest BCUT2D eigenvalue weighted by Crippen LogP contribution is -2.41. The molecule has 2 aromatic rings. The second-order valence-corrected chi connectivity index (χ2v) is 5.34. The average molecular weight is 254 g/mol. The zero-order chi connectivity index (χ0) is 13.3. The van der Waals surface area contributed by atoms with Crippen molar-refractivity contribution in [2.24, 2.45) is 5.92 Å². The standard InChI is InChI=1S/C17H18O2/c1-17(18)14(11-13-7-3-2-4-8-13)12-19-16-10-6-5-9-15(16)17/h2-10,14,18H,11-12H2,1H3/t14-,17+/m0/s1. The highest BCUT2D eigenvalue weighted by atomic mass is 16.5. The molecule has 0 aromatic heterocycles. The fraction of sp³-hybridized carbons (Fsp3) is 0.294. The molecule has 1 aliphatic rings. The molecule has 0 radical (unpaired) electrons. The van der Waals surface area contributed by atoms with Crippen LogP contribution in [-0.2, 0) is 12.0 Å². The predicted molar refractivity (Wildman–Crippen MR) is 75.1 cm³/mol. The third-order valence-corrected chi connectivity index (χ3v) is 3.99. The maximum Gasteiger partial charge on any atom is 0.125 e. The average Bonchev–Trinajstić information content (AvgIpc) is 2.44.